The second-order valence-electron chi connectivity index (χ2n) is 5.12. The molecular weight excluding hydrogens is 291 g/mol. The number of nitrogens with one attached hydrogen (secondary N) is 1. The fourth-order valence-corrected chi connectivity index (χ4v) is 4.53. The summed E-state index contributed by atoms with van der Waals surface area (Å²) in [6, 6.07) is 2.97. The van der Waals surface area contributed by atoms with Crippen LogP contribution in [0.5, 0.6) is 0 Å². The highest BCUT2D eigenvalue weighted by atomic mass is 32.2. The molecule has 0 saturated carbocycles. The monoisotopic (exact) mass is 307 g/mol. The molecule has 1 aliphatic rings. The van der Waals surface area contributed by atoms with E-state index in [4.69, 9.17) is 0 Å². The Bertz CT molecular complexity index is 611. The minimum atomic E-state index is -4.53. The van der Waals surface area contributed by atoms with Gasteiger partial charge in [-0.2, -0.15) is 13.2 Å². The van der Waals surface area contributed by atoms with Crippen molar-refractivity contribution in [2.45, 2.75) is 42.1 Å². The molecule has 0 bridgehead atoms. The molecule has 1 aromatic carbocycles. The standard InChI is InChI=1S/C13H16F3NO2S/c1-8(17-2)5-11-6-9-3-4-10(13(14,15)16)7-12(9)20(11,18)19/h3-4,7-8,11,17H,5-6H2,1-2H3. The summed E-state index contributed by atoms with van der Waals surface area (Å²) in [6.45, 7) is 1.85. The smallest absolute Gasteiger partial charge is 0.317 e. The van der Waals surface area contributed by atoms with E-state index in [2.05, 4.69) is 5.32 Å². The number of rotatable bonds is 3. The second-order valence-corrected chi connectivity index (χ2v) is 7.31. The number of fused-ring (bicyclic) bond motifs is 1. The number of alkyl halides is 3. The summed E-state index contributed by atoms with van der Waals surface area (Å²) < 4.78 is 62.6. The Morgan fingerprint density at radius 1 is 1.40 bits per heavy atom. The minimum absolute atomic E-state index is 0.00817. The Labute approximate surface area is 116 Å². The van der Waals surface area contributed by atoms with Crippen LogP contribution in [0, 0.1) is 0 Å². The lowest BCUT2D eigenvalue weighted by molar-refractivity contribution is -0.137. The zero-order valence-corrected chi connectivity index (χ0v) is 12.0. The summed E-state index contributed by atoms with van der Waals surface area (Å²) >= 11 is 0. The van der Waals surface area contributed by atoms with Gasteiger partial charge in [0.15, 0.2) is 9.84 Å². The number of sulfone groups is 1. The molecule has 2 atom stereocenters. The third-order valence-electron chi connectivity index (χ3n) is 3.70. The molecule has 2 rings (SSSR count). The first-order chi connectivity index (χ1) is 9.16. The van der Waals surface area contributed by atoms with E-state index < -0.39 is 26.8 Å². The van der Waals surface area contributed by atoms with Crippen LogP contribution in [0.1, 0.15) is 24.5 Å². The quantitative estimate of drug-likeness (QED) is 0.933. The molecular formula is C13H16F3NO2S. The van der Waals surface area contributed by atoms with Gasteiger partial charge in [-0.05, 0) is 44.5 Å². The first-order valence-corrected chi connectivity index (χ1v) is 7.82. The fourth-order valence-electron chi connectivity index (χ4n) is 2.42. The zero-order valence-electron chi connectivity index (χ0n) is 11.2. The summed E-state index contributed by atoms with van der Waals surface area (Å²) in [7, 11) is -1.95. The van der Waals surface area contributed by atoms with Gasteiger partial charge in [0.1, 0.15) is 0 Å². The molecule has 0 fully saturated rings. The third-order valence-corrected chi connectivity index (χ3v) is 5.93. The molecule has 20 heavy (non-hydrogen) atoms. The van der Waals surface area contributed by atoms with Crippen molar-refractivity contribution >= 4 is 9.84 Å². The van der Waals surface area contributed by atoms with Gasteiger partial charge in [0, 0.05) is 6.04 Å². The van der Waals surface area contributed by atoms with E-state index >= 15 is 0 Å². The molecule has 1 aliphatic heterocycles. The Morgan fingerprint density at radius 2 is 2.05 bits per heavy atom. The van der Waals surface area contributed by atoms with Crippen LogP contribution >= 0.6 is 0 Å². The molecule has 0 aromatic heterocycles. The van der Waals surface area contributed by atoms with Crippen molar-refractivity contribution in [1.82, 2.24) is 5.32 Å². The number of halogens is 3. The van der Waals surface area contributed by atoms with Crippen molar-refractivity contribution in [3.05, 3.63) is 29.3 Å². The summed E-state index contributed by atoms with van der Waals surface area (Å²) in [6.07, 6.45) is -3.86. The number of benzene rings is 1. The highest BCUT2D eigenvalue weighted by molar-refractivity contribution is 7.92. The Balaban J connectivity index is 2.39. The van der Waals surface area contributed by atoms with Crippen molar-refractivity contribution < 1.29 is 21.6 Å². The maximum Gasteiger partial charge on any atom is 0.416 e. The Kier molecular flexibility index (Phi) is 3.85. The fraction of sp³-hybridized carbons (Fsp3) is 0.538. The van der Waals surface area contributed by atoms with E-state index in [0.29, 0.717) is 12.0 Å². The van der Waals surface area contributed by atoms with Gasteiger partial charge in [-0.25, -0.2) is 8.42 Å². The van der Waals surface area contributed by atoms with E-state index in [9.17, 15) is 21.6 Å². The van der Waals surface area contributed by atoms with E-state index in [1.165, 1.54) is 6.07 Å². The van der Waals surface area contributed by atoms with E-state index in [1.807, 2.05) is 6.92 Å². The summed E-state index contributed by atoms with van der Waals surface area (Å²) in [5, 5.41) is 2.30. The number of hydrogen-bond acceptors (Lipinski definition) is 3. The Hall–Kier alpha value is -1.08. The van der Waals surface area contributed by atoms with Crippen LogP contribution in [0.25, 0.3) is 0 Å². The molecule has 0 aliphatic carbocycles. The lowest BCUT2D eigenvalue weighted by Gasteiger charge is -2.15. The normalized spacial score (nSPS) is 22.6. The second kappa shape index (κ2) is 5.04. The molecule has 1 heterocycles. The van der Waals surface area contributed by atoms with Crippen LogP contribution in [-0.2, 0) is 22.4 Å². The van der Waals surface area contributed by atoms with Crippen molar-refractivity contribution in [1.29, 1.82) is 0 Å². The van der Waals surface area contributed by atoms with E-state index in [0.717, 1.165) is 12.1 Å². The van der Waals surface area contributed by atoms with Gasteiger partial charge in [0.2, 0.25) is 0 Å². The lowest BCUT2D eigenvalue weighted by atomic mass is 10.0. The average molecular weight is 307 g/mol. The molecule has 7 heteroatoms. The van der Waals surface area contributed by atoms with Crippen molar-refractivity contribution in [3.8, 4) is 0 Å². The predicted octanol–water partition coefficient (Wildman–Crippen LogP) is 2.40. The maximum absolute atomic E-state index is 12.7. The van der Waals surface area contributed by atoms with Gasteiger partial charge >= 0.3 is 6.18 Å². The zero-order chi connectivity index (χ0) is 15.1. The van der Waals surface area contributed by atoms with Gasteiger partial charge in [-0.3, -0.25) is 0 Å². The van der Waals surface area contributed by atoms with Gasteiger partial charge in [0.25, 0.3) is 0 Å². The first-order valence-electron chi connectivity index (χ1n) is 6.27. The molecule has 2 unspecified atom stereocenters. The molecule has 0 spiro atoms. The van der Waals surface area contributed by atoms with E-state index in [-0.39, 0.29) is 17.4 Å². The molecule has 0 radical (unpaired) electrons. The van der Waals surface area contributed by atoms with Crippen LogP contribution in [-0.4, -0.2) is 26.8 Å². The van der Waals surface area contributed by atoms with Crippen molar-refractivity contribution in [2.24, 2.45) is 0 Å². The molecule has 1 aromatic rings. The summed E-state index contributed by atoms with van der Waals surface area (Å²) in [5.74, 6) is 0. The summed E-state index contributed by atoms with van der Waals surface area (Å²) in [4.78, 5) is -0.166. The Morgan fingerprint density at radius 3 is 2.60 bits per heavy atom. The third kappa shape index (κ3) is 2.69. The average Bonchev–Trinajstić information content (AvgIpc) is 2.60. The largest absolute Gasteiger partial charge is 0.416 e. The topological polar surface area (TPSA) is 46.2 Å². The predicted molar refractivity (Wildman–Crippen MR) is 69.3 cm³/mol. The first kappa shape index (κ1) is 15.3. The van der Waals surface area contributed by atoms with Crippen molar-refractivity contribution in [3.63, 3.8) is 0 Å². The van der Waals surface area contributed by atoms with E-state index in [1.54, 1.807) is 7.05 Å². The number of hydrogen-bond donors (Lipinski definition) is 1. The van der Waals surface area contributed by atoms with Gasteiger partial charge < -0.3 is 5.32 Å². The maximum atomic E-state index is 12.7. The molecule has 0 saturated heterocycles. The minimum Gasteiger partial charge on any atom is -0.317 e. The highest BCUT2D eigenvalue weighted by Crippen LogP contribution is 2.38. The molecule has 0 amide bonds. The molecule has 112 valence electrons. The highest BCUT2D eigenvalue weighted by Gasteiger charge is 2.40. The van der Waals surface area contributed by atoms with Crippen LogP contribution < -0.4 is 5.32 Å². The molecule has 3 nitrogen and oxygen atoms in total. The van der Waals surface area contributed by atoms with Crippen LogP contribution in [0.4, 0.5) is 13.2 Å². The SMILES string of the molecule is CNC(C)CC1Cc2ccc(C(F)(F)F)cc2S1(=O)=O. The van der Waals surface area contributed by atoms with Gasteiger partial charge in [-0.1, -0.05) is 6.07 Å². The van der Waals surface area contributed by atoms with Crippen LogP contribution in [0.15, 0.2) is 23.1 Å². The lowest BCUT2D eigenvalue weighted by Crippen LogP contribution is -2.29. The molecule has 1 N–H and O–H groups in total. The summed E-state index contributed by atoms with van der Waals surface area (Å²) in [5.41, 5.74) is -0.437. The van der Waals surface area contributed by atoms with Crippen LogP contribution in [0.2, 0.25) is 0 Å². The van der Waals surface area contributed by atoms with Gasteiger partial charge in [-0.15, -0.1) is 0 Å². The van der Waals surface area contributed by atoms with Gasteiger partial charge in [0.05, 0.1) is 15.7 Å². The van der Waals surface area contributed by atoms with Crippen LogP contribution in [0.3, 0.4) is 0 Å². The van der Waals surface area contributed by atoms with Crippen molar-refractivity contribution in [2.75, 3.05) is 7.05 Å².